The third kappa shape index (κ3) is 5.35. The number of amides is 1. The lowest BCUT2D eigenvalue weighted by Crippen LogP contribution is -2.40. The van der Waals surface area contributed by atoms with Crippen LogP contribution in [0, 0.1) is 0 Å². The molecule has 0 atom stereocenters. The van der Waals surface area contributed by atoms with Gasteiger partial charge in [0.25, 0.3) is 15.9 Å². The fraction of sp³-hybridized carbons (Fsp3) is 0.100. The number of benzene rings is 2. The summed E-state index contributed by atoms with van der Waals surface area (Å²) in [5, 5.41) is 3.27. The van der Waals surface area contributed by atoms with Crippen molar-refractivity contribution in [2.75, 3.05) is 0 Å². The number of nitrogens with one attached hydrogen (secondary N) is 2. The largest absolute Gasteiger partial charge is 0.285 e. The first-order chi connectivity index (χ1) is 13.5. The minimum absolute atomic E-state index is 0.148. The average Bonchev–Trinajstić information content (AvgIpc) is 3.22. The summed E-state index contributed by atoms with van der Waals surface area (Å²) in [4.78, 5) is 18.5. The Kier molecular flexibility index (Phi) is 6.35. The summed E-state index contributed by atoms with van der Waals surface area (Å²) >= 11 is 1.32. The first-order valence-corrected chi connectivity index (χ1v) is 11.0. The van der Waals surface area contributed by atoms with Crippen molar-refractivity contribution in [2.45, 2.75) is 13.3 Å². The fourth-order valence-corrected chi connectivity index (χ4v) is 3.79. The highest BCUT2D eigenvalue weighted by Crippen LogP contribution is 2.24. The van der Waals surface area contributed by atoms with Gasteiger partial charge in [-0.15, -0.1) is 16.2 Å². The number of sulfonamides is 1. The Hall–Kier alpha value is -2.81. The van der Waals surface area contributed by atoms with Crippen molar-refractivity contribution in [1.29, 1.82) is 0 Å². The molecule has 2 N–H and O–H groups in total. The molecule has 2 aromatic carbocycles. The minimum Gasteiger partial charge on any atom is -0.272 e. The highest BCUT2D eigenvalue weighted by molar-refractivity contribution is 7.92. The lowest BCUT2D eigenvalue weighted by atomic mass is 10.1. The van der Waals surface area contributed by atoms with Gasteiger partial charge in [-0.05, 0) is 23.6 Å². The highest BCUT2D eigenvalue weighted by Gasteiger charge is 2.14. The predicted molar refractivity (Wildman–Crippen MR) is 112 cm³/mol. The van der Waals surface area contributed by atoms with Gasteiger partial charge in [-0.1, -0.05) is 61.5 Å². The number of aryl methyl sites for hydroxylation is 1. The van der Waals surface area contributed by atoms with Crippen LogP contribution in [0.15, 0.2) is 65.4 Å². The molecular weight excluding hydrogens is 394 g/mol. The number of carbonyl (C=O) groups is 1. The van der Waals surface area contributed by atoms with Gasteiger partial charge in [0.2, 0.25) is 0 Å². The summed E-state index contributed by atoms with van der Waals surface area (Å²) in [6.07, 6.45) is 2.39. The second kappa shape index (κ2) is 8.92. The number of aromatic nitrogens is 1. The van der Waals surface area contributed by atoms with Gasteiger partial charge in [-0.25, -0.2) is 13.4 Å². The molecule has 0 bridgehead atoms. The molecule has 1 heterocycles. The Bertz CT molecular complexity index is 1070. The maximum Gasteiger partial charge on any atom is 0.285 e. The minimum atomic E-state index is -3.82. The Morgan fingerprint density at radius 2 is 1.82 bits per heavy atom. The summed E-state index contributed by atoms with van der Waals surface area (Å²) in [6.45, 7) is 2.08. The van der Waals surface area contributed by atoms with Crippen molar-refractivity contribution < 1.29 is 13.2 Å². The van der Waals surface area contributed by atoms with E-state index in [1.165, 1.54) is 23.0 Å². The van der Waals surface area contributed by atoms with Crippen molar-refractivity contribution in [3.63, 3.8) is 0 Å². The van der Waals surface area contributed by atoms with Crippen LogP contribution in [-0.4, -0.2) is 19.3 Å². The zero-order chi connectivity index (χ0) is 20.0. The van der Waals surface area contributed by atoms with Crippen LogP contribution in [0.3, 0.4) is 0 Å². The van der Waals surface area contributed by atoms with E-state index in [2.05, 4.69) is 17.3 Å². The molecular formula is C20H19N3O3S2. The maximum atomic E-state index is 12.2. The summed E-state index contributed by atoms with van der Waals surface area (Å²) < 4.78 is 24.0. The van der Waals surface area contributed by atoms with Crippen LogP contribution >= 0.6 is 11.3 Å². The third-order valence-corrected chi connectivity index (χ3v) is 5.66. The molecule has 0 aliphatic heterocycles. The van der Waals surface area contributed by atoms with Crippen LogP contribution in [0.1, 0.15) is 28.5 Å². The van der Waals surface area contributed by atoms with Gasteiger partial charge in [0.15, 0.2) is 0 Å². The van der Waals surface area contributed by atoms with E-state index in [0.717, 1.165) is 23.0 Å². The smallest absolute Gasteiger partial charge is 0.272 e. The van der Waals surface area contributed by atoms with E-state index in [-0.39, 0.29) is 5.69 Å². The Balaban J connectivity index is 1.62. The molecule has 0 fully saturated rings. The standard InChI is InChI=1S/C20H19N3O3S2/c1-2-15-8-10-17(11-9-15)20-21-18(14-27-20)19(24)22-23-28(25,26)13-12-16-6-4-3-5-7-16/h3-14,23H,2H2,1H3,(H,22,24)/b13-12+. The molecule has 3 aromatic rings. The third-order valence-electron chi connectivity index (χ3n) is 3.89. The van der Waals surface area contributed by atoms with E-state index in [9.17, 15) is 13.2 Å². The zero-order valence-corrected chi connectivity index (χ0v) is 16.8. The first kappa shape index (κ1) is 19.9. The number of nitrogens with zero attached hydrogens (tertiary/aromatic N) is 1. The Morgan fingerprint density at radius 1 is 1.11 bits per heavy atom. The molecule has 8 heteroatoms. The van der Waals surface area contributed by atoms with Gasteiger partial charge >= 0.3 is 0 Å². The van der Waals surface area contributed by atoms with Gasteiger partial charge in [0.1, 0.15) is 10.7 Å². The van der Waals surface area contributed by atoms with Crippen molar-refractivity contribution in [2.24, 2.45) is 0 Å². The fourth-order valence-electron chi connectivity index (χ4n) is 2.34. The van der Waals surface area contributed by atoms with Crippen molar-refractivity contribution in [3.8, 4) is 10.6 Å². The van der Waals surface area contributed by atoms with Gasteiger partial charge in [-0.2, -0.15) is 0 Å². The van der Waals surface area contributed by atoms with Crippen LogP contribution < -0.4 is 10.3 Å². The second-order valence-electron chi connectivity index (χ2n) is 5.90. The highest BCUT2D eigenvalue weighted by atomic mass is 32.2. The SMILES string of the molecule is CCc1ccc(-c2nc(C(=O)NNS(=O)(=O)/C=C/c3ccccc3)cs2)cc1. The predicted octanol–water partition coefficient (Wildman–Crippen LogP) is 3.61. The number of thiazole rings is 1. The summed E-state index contributed by atoms with van der Waals surface area (Å²) in [6, 6.07) is 16.9. The number of carbonyl (C=O) groups excluding carboxylic acids is 1. The number of rotatable bonds is 7. The van der Waals surface area contributed by atoms with Gasteiger partial charge in [0.05, 0.1) is 0 Å². The van der Waals surface area contributed by atoms with E-state index >= 15 is 0 Å². The molecule has 0 radical (unpaired) electrons. The van der Waals surface area contributed by atoms with E-state index < -0.39 is 15.9 Å². The van der Waals surface area contributed by atoms with Crippen LogP contribution in [0.4, 0.5) is 0 Å². The maximum absolute atomic E-state index is 12.2. The molecule has 6 nitrogen and oxygen atoms in total. The lowest BCUT2D eigenvalue weighted by molar-refractivity contribution is 0.0941. The monoisotopic (exact) mass is 413 g/mol. The van der Waals surface area contributed by atoms with E-state index in [4.69, 9.17) is 0 Å². The Morgan fingerprint density at radius 3 is 2.50 bits per heavy atom. The quantitative estimate of drug-likeness (QED) is 0.579. The van der Waals surface area contributed by atoms with Crippen molar-refractivity contribution >= 4 is 33.3 Å². The van der Waals surface area contributed by atoms with E-state index in [1.807, 2.05) is 35.2 Å². The normalized spacial score (nSPS) is 11.6. The van der Waals surface area contributed by atoms with Crippen LogP contribution in [0.2, 0.25) is 0 Å². The molecule has 0 saturated heterocycles. The van der Waals surface area contributed by atoms with Gasteiger partial charge < -0.3 is 0 Å². The molecule has 0 spiro atoms. The van der Waals surface area contributed by atoms with Gasteiger partial charge in [0, 0.05) is 16.4 Å². The first-order valence-electron chi connectivity index (χ1n) is 8.57. The average molecular weight is 414 g/mol. The summed E-state index contributed by atoms with van der Waals surface area (Å²) in [5.74, 6) is -0.621. The molecule has 0 aliphatic rings. The lowest BCUT2D eigenvalue weighted by Gasteiger charge is -2.03. The van der Waals surface area contributed by atoms with E-state index in [1.54, 1.807) is 29.6 Å². The number of hydrogen-bond acceptors (Lipinski definition) is 5. The van der Waals surface area contributed by atoms with Crippen LogP contribution in [0.5, 0.6) is 0 Å². The molecule has 0 aliphatic carbocycles. The molecule has 1 amide bonds. The van der Waals surface area contributed by atoms with Crippen molar-refractivity contribution in [3.05, 3.63) is 82.2 Å². The molecule has 28 heavy (non-hydrogen) atoms. The summed E-state index contributed by atoms with van der Waals surface area (Å²) in [7, 11) is -3.82. The van der Waals surface area contributed by atoms with Crippen molar-refractivity contribution in [1.82, 2.24) is 15.2 Å². The van der Waals surface area contributed by atoms with Crippen LogP contribution in [0.25, 0.3) is 16.6 Å². The topological polar surface area (TPSA) is 88.2 Å². The zero-order valence-electron chi connectivity index (χ0n) is 15.1. The van der Waals surface area contributed by atoms with Crippen LogP contribution in [-0.2, 0) is 16.4 Å². The molecule has 0 unspecified atom stereocenters. The number of hydrazine groups is 1. The molecule has 144 valence electrons. The molecule has 0 saturated carbocycles. The Labute approximate surface area is 168 Å². The molecule has 1 aromatic heterocycles. The number of hydrogen-bond donors (Lipinski definition) is 2. The van der Waals surface area contributed by atoms with E-state index in [0.29, 0.717) is 5.01 Å². The summed E-state index contributed by atoms with van der Waals surface area (Å²) in [5.41, 5.74) is 5.18. The second-order valence-corrected chi connectivity index (χ2v) is 8.33. The van der Waals surface area contributed by atoms with Gasteiger partial charge in [-0.3, -0.25) is 10.2 Å². The molecule has 3 rings (SSSR count).